The van der Waals surface area contributed by atoms with Gasteiger partial charge in [0.25, 0.3) is 5.91 Å². The number of carboxylic acids is 1. The van der Waals surface area contributed by atoms with Crippen LogP contribution in [0.4, 0.5) is 0 Å². The Morgan fingerprint density at radius 1 is 1.19 bits per heavy atom. The summed E-state index contributed by atoms with van der Waals surface area (Å²) in [5.74, 6) is -2.02. The molecule has 1 aromatic heterocycles. The van der Waals surface area contributed by atoms with Crippen LogP contribution in [-0.2, 0) is 16.0 Å². The summed E-state index contributed by atoms with van der Waals surface area (Å²) in [6, 6.07) is 15.4. The fourth-order valence-corrected chi connectivity index (χ4v) is 4.59. The molecule has 2 aromatic carbocycles. The fraction of sp³-hybridized carbons (Fsp3) is 0.385. The van der Waals surface area contributed by atoms with Gasteiger partial charge < -0.3 is 20.1 Å². The van der Waals surface area contributed by atoms with Crippen molar-refractivity contribution < 1.29 is 19.4 Å². The minimum atomic E-state index is -0.867. The number of aryl methyl sites for hydroxylation is 1. The predicted molar refractivity (Wildman–Crippen MR) is 126 cm³/mol. The molecule has 0 saturated heterocycles. The molecular formula is C26H32N2O4. The van der Waals surface area contributed by atoms with E-state index in [2.05, 4.69) is 10.3 Å². The lowest BCUT2D eigenvalue weighted by atomic mass is 9.82. The molecular weight excluding hydrogens is 404 g/mol. The zero-order chi connectivity index (χ0) is 23.3. The van der Waals surface area contributed by atoms with E-state index >= 15 is 0 Å². The van der Waals surface area contributed by atoms with Gasteiger partial charge >= 0.3 is 5.97 Å². The van der Waals surface area contributed by atoms with Gasteiger partial charge in [-0.3, -0.25) is 9.59 Å². The van der Waals surface area contributed by atoms with Gasteiger partial charge in [0.05, 0.1) is 5.92 Å². The third-order valence-corrected chi connectivity index (χ3v) is 6.01. The second-order valence-electron chi connectivity index (χ2n) is 8.01. The average Bonchev–Trinajstić information content (AvgIpc) is 3.36. The van der Waals surface area contributed by atoms with Crippen LogP contribution in [-0.4, -0.2) is 41.7 Å². The van der Waals surface area contributed by atoms with Crippen LogP contribution in [0.15, 0.2) is 48.5 Å². The van der Waals surface area contributed by atoms with Crippen molar-refractivity contribution >= 4 is 22.8 Å². The summed E-state index contributed by atoms with van der Waals surface area (Å²) in [5.41, 5.74) is 4.60. The van der Waals surface area contributed by atoms with E-state index in [4.69, 9.17) is 4.74 Å². The van der Waals surface area contributed by atoms with Crippen molar-refractivity contribution in [3.63, 3.8) is 0 Å². The SMILES string of the molecule is CC.COCC[C@H](C(=O)O)C1c2ccccc2CC1NC(=O)c1cc2cc(C)ccc2[nH]1. The van der Waals surface area contributed by atoms with Crippen LogP contribution in [0.2, 0.25) is 0 Å². The van der Waals surface area contributed by atoms with Crippen LogP contribution < -0.4 is 5.32 Å². The Morgan fingerprint density at radius 3 is 2.66 bits per heavy atom. The van der Waals surface area contributed by atoms with Crippen molar-refractivity contribution in [1.82, 2.24) is 10.3 Å². The number of ether oxygens (including phenoxy) is 1. The molecule has 4 rings (SSSR count). The molecule has 0 saturated carbocycles. The first-order valence-corrected chi connectivity index (χ1v) is 11.2. The first-order chi connectivity index (χ1) is 15.5. The lowest BCUT2D eigenvalue weighted by Crippen LogP contribution is -2.42. The molecule has 3 aromatic rings. The third kappa shape index (κ3) is 4.86. The van der Waals surface area contributed by atoms with Gasteiger partial charge in [-0.15, -0.1) is 0 Å². The molecule has 1 aliphatic rings. The number of carbonyl (C=O) groups excluding carboxylic acids is 1. The van der Waals surface area contributed by atoms with Gasteiger partial charge in [-0.2, -0.15) is 0 Å². The number of carbonyl (C=O) groups is 2. The fourth-order valence-electron chi connectivity index (χ4n) is 4.59. The number of aromatic nitrogens is 1. The van der Waals surface area contributed by atoms with Crippen LogP contribution in [0.3, 0.4) is 0 Å². The van der Waals surface area contributed by atoms with Gasteiger partial charge in [0.15, 0.2) is 0 Å². The summed E-state index contributed by atoms with van der Waals surface area (Å²) in [6.07, 6.45) is 1.01. The van der Waals surface area contributed by atoms with Gasteiger partial charge in [-0.1, -0.05) is 49.7 Å². The first kappa shape index (κ1) is 23.5. The summed E-state index contributed by atoms with van der Waals surface area (Å²) in [5, 5.41) is 14.0. The Morgan fingerprint density at radius 2 is 1.94 bits per heavy atom. The number of hydrogen-bond acceptors (Lipinski definition) is 3. The highest BCUT2D eigenvalue weighted by molar-refractivity contribution is 5.98. The van der Waals surface area contributed by atoms with Gasteiger partial charge in [0, 0.05) is 36.6 Å². The number of hydrogen-bond donors (Lipinski definition) is 3. The Balaban J connectivity index is 0.00000141. The van der Waals surface area contributed by atoms with Crippen molar-refractivity contribution in [1.29, 1.82) is 0 Å². The van der Waals surface area contributed by atoms with Crippen molar-refractivity contribution in [2.45, 2.75) is 45.6 Å². The van der Waals surface area contributed by atoms with Crippen molar-refractivity contribution in [3.05, 3.63) is 70.9 Å². The molecule has 0 aliphatic heterocycles. The second kappa shape index (κ2) is 10.5. The topological polar surface area (TPSA) is 91.4 Å². The number of aliphatic carboxylic acids is 1. The number of carboxylic acid groups (broad SMARTS) is 1. The molecule has 3 N–H and O–H groups in total. The van der Waals surface area contributed by atoms with Crippen molar-refractivity contribution in [2.24, 2.45) is 5.92 Å². The molecule has 2 unspecified atom stereocenters. The number of nitrogens with one attached hydrogen (secondary N) is 2. The summed E-state index contributed by atoms with van der Waals surface area (Å²) >= 11 is 0. The number of amides is 1. The maximum absolute atomic E-state index is 13.0. The Kier molecular flexibility index (Phi) is 7.70. The van der Waals surface area contributed by atoms with E-state index in [9.17, 15) is 14.7 Å². The van der Waals surface area contributed by atoms with Gasteiger partial charge in [0.1, 0.15) is 5.69 Å². The number of methoxy groups -OCH3 is 1. The summed E-state index contributed by atoms with van der Waals surface area (Å²) in [4.78, 5) is 28.3. The zero-order valence-corrected chi connectivity index (χ0v) is 19.1. The minimum absolute atomic E-state index is 0.220. The van der Waals surface area contributed by atoms with Gasteiger partial charge in [0.2, 0.25) is 0 Å². The number of aromatic amines is 1. The van der Waals surface area contributed by atoms with Crippen LogP contribution >= 0.6 is 0 Å². The maximum atomic E-state index is 13.0. The van der Waals surface area contributed by atoms with Crippen LogP contribution in [0, 0.1) is 12.8 Å². The van der Waals surface area contributed by atoms with E-state index in [-0.39, 0.29) is 17.9 Å². The smallest absolute Gasteiger partial charge is 0.307 e. The second-order valence-corrected chi connectivity index (χ2v) is 8.01. The summed E-state index contributed by atoms with van der Waals surface area (Å²) in [6.45, 7) is 6.37. The van der Waals surface area contributed by atoms with Gasteiger partial charge in [-0.05, 0) is 49.1 Å². The van der Waals surface area contributed by atoms with E-state index in [0.29, 0.717) is 25.1 Å². The molecule has 0 bridgehead atoms. The van der Waals surface area contributed by atoms with Crippen molar-refractivity contribution in [2.75, 3.05) is 13.7 Å². The van der Waals surface area contributed by atoms with Crippen LogP contribution in [0.25, 0.3) is 10.9 Å². The van der Waals surface area contributed by atoms with E-state index in [1.54, 1.807) is 7.11 Å². The molecule has 0 fully saturated rings. The molecule has 6 heteroatoms. The molecule has 1 heterocycles. The first-order valence-electron chi connectivity index (χ1n) is 11.2. The Bertz CT molecular complexity index is 1090. The Labute approximate surface area is 189 Å². The zero-order valence-electron chi connectivity index (χ0n) is 19.1. The summed E-state index contributed by atoms with van der Waals surface area (Å²) < 4.78 is 5.14. The Hall–Kier alpha value is -3.12. The number of rotatable bonds is 7. The molecule has 3 atom stereocenters. The molecule has 0 radical (unpaired) electrons. The van der Waals surface area contributed by atoms with E-state index in [1.807, 2.05) is 69.3 Å². The lowest BCUT2D eigenvalue weighted by molar-refractivity contribution is -0.143. The summed E-state index contributed by atoms with van der Waals surface area (Å²) in [7, 11) is 1.57. The molecule has 170 valence electrons. The van der Waals surface area contributed by atoms with Crippen LogP contribution in [0.1, 0.15) is 53.4 Å². The minimum Gasteiger partial charge on any atom is -0.481 e. The quantitative estimate of drug-likeness (QED) is 0.502. The highest BCUT2D eigenvalue weighted by Gasteiger charge is 2.41. The molecule has 0 spiro atoms. The standard InChI is InChI=1S/C24H26N2O4.C2H6/c1-14-7-8-19-16(11-14)13-21(25-19)23(27)26-20-12-15-5-3-4-6-17(15)22(20)18(24(28)29)9-10-30-2;1-2/h3-8,11,13,18,20,22,25H,9-10,12H2,1-2H3,(H,26,27)(H,28,29);1-2H3/t18-,20?,22?;/m0./s1. The maximum Gasteiger partial charge on any atom is 0.307 e. The number of benzene rings is 2. The third-order valence-electron chi connectivity index (χ3n) is 6.01. The molecule has 1 amide bonds. The molecule has 6 nitrogen and oxygen atoms in total. The molecule has 1 aliphatic carbocycles. The van der Waals surface area contributed by atoms with Gasteiger partial charge in [-0.25, -0.2) is 0 Å². The number of fused-ring (bicyclic) bond motifs is 2. The lowest BCUT2D eigenvalue weighted by Gasteiger charge is -2.27. The highest BCUT2D eigenvalue weighted by Crippen LogP contribution is 2.40. The molecule has 32 heavy (non-hydrogen) atoms. The average molecular weight is 437 g/mol. The van der Waals surface area contributed by atoms with E-state index in [1.165, 1.54) is 0 Å². The predicted octanol–water partition coefficient (Wildman–Crippen LogP) is 4.68. The van der Waals surface area contributed by atoms with Crippen LogP contribution in [0.5, 0.6) is 0 Å². The van der Waals surface area contributed by atoms with E-state index in [0.717, 1.165) is 27.6 Å². The number of H-pyrrole nitrogens is 1. The highest BCUT2D eigenvalue weighted by atomic mass is 16.5. The van der Waals surface area contributed by atoms with E-state index < -0.39 is 11.9 Å². The van der Waals surface area contributed by atoms with Crippen molar-refractivity contribution in [3.8, 4) is 0 Å². The monoisotopic (exact) mass is 436 g/mol. The largest absolute Gasteiger partial charge is 0.481 e. The normalized spacial score (nSPS) is 17.9.